The number of aromatic nitrogens is 1. The summed E-state index contributed by atoms with van der Waals surface area (Å²) in [5.74, 6) is -0.611. The van der Waals surface area contributed by atoms with E-state index in [0.29, 0.717) is 17.1 Å². The highest BCUT2D eigenvalue weighted by atomic mass is 32.1. The second-order valence-corrected chi connectivity index (χ2v) is 8.61. The van der Waals surface area contributed by atoms with Gasteiger partial charge in [-0.1, -0.05) is 12.1 Å². The third kappa shape index (κ3) is 4.35. The van der Waals surface area contributed by atoms with E-state index in [1.807, 2.05) is 50.1 Å². The Balaban J connectivity index is 1.65. The number of likely N-dealkylation sites (N-methyl/N-ethyl adjacent to an activating group) is 1. The largest absolute Gasteiger partial charge is 0.465 e. The Kier molecular flexibility index (Phi) is 5.88. The van der Waals surface area contributed by atoms with Crippen molar-refractivity contribution in [3.05, 3.63) is 45.3 Å². The van der Waals surface area contributed by atoms with Gasteiger partial charge < -0.3 is 10.1 Å². The van der Waals surface area contributed by atoms with Crippen LogP contribution in [0.15, 0.2) is 24.3 Å². The maximum Gasteiger partial charge on any atom is 0.341 e. The molecule has 0 fully saturated rings. The van der Waals surface area contributed by atoms with E-state index in [1.54, 1.807) is 11.3 Å². The van der Waals surface area contributed by atoms with Crippen LogP contribution in [0.2, 0.25) is 0 Å². The standard InChI is InChI=1S/C19H21N3O3S2/c1-11-12(2)26-18(17(11)19(24)25-4)21-15(23)9-22(3)10-16-20-13-7-5-6-8-14(13)27-16/h5-8H,9-10H2,1-4H3,(H,21,23). The maximum atomic E-state index is 12.5. The van der Waals surface area contributed by atoms with Gasteiger partial charge >= 0.3 is 5.97 Å². The second-order valence-electron chi connectivity index (χ2n) is 6.27. The van der Waals surface area contributed by atoms with E-state index in [-0.39, 0.29) is 12.5 Å². The summed E-state index contributed by atoms with van der Waals surface area (Å²) in [7, 11) is 3.21. The van der Waals surface area contributed by atoms with Crippen molar-refractivity contribution in [1.82, 2.24) is 9.88 Å². The van der Waals surface area contributed by atoms with E-state index in [2.05, 4.69) is 10.3 Å². The van der Waals surface area contributed by atoms with Gasteiger partial charge in [-0.15, -0.1) is 22.7 Å². The number of fused-ring (bicyclic) bond motifs is 1. The van der Waals surface area contributed by atoms with Crippen LogP contribution in [0.3, 0.4) is 0 Å². The van der Waals surface area contributed by atoms with E-state index >= 15 is 0 Å². The number of rotatable bonds is 6. The van der Waals surface area contributed by atoms with Crippen molar-refractivity contribution < 1.29 is 14.3 Å². The molecule has 8 heteroatoms. The fourth-order valence-electron chi connectivity index (χ4n) is 2.75. The van der Waals surface area contributed by atoms with Gasteiger partial charge in [0.15, 0.2) is 0 Å². The Bertz CT molecular complexity index is 960. The Morgan fingerprint density at radius 2 is 1.96 bits per heavy atom. The molecule has 1 aromatic carbocycles. The molecule has 0 saturated heterocycles. The number of benzene rings is 1. The van der Waals surface area contributed by atoms with Crippen molar-refractivity contribution in [2.75, 3.05) is 26.0 Å². The molecule has 0 unspecified atom stereocenters. The number of hydrogen-bond acceptors (Lipinski definition) is 7. The van der Waals surface area contributed by atoms with Crippen LogP contribution in [-0.2, 0) is 16.1 Å². The summed E-state index contributed by atoms with van der Waals surface area (Å²) in [6.07, 6.45) is 0. The molecule has 2 aromatic heterocycles. The van der Waals surface area contributed by atoms with Gasteiger partial charge in [0.2, 0.25) is 5.91 Å². The smallest absolute Gasteiger partial charge is 0.341 e. The Morgan fingerprint density at radius 3 is 2.67 bits per heavy atom. The van der Waals surface area contributed by atoms with Gasteiger partial charge in [-0.3, -0.25) is 9.69 Å². The predicted octanol–water partition coefficient (Wildman–Crippen LogP) is 3.83. The number of anilines is 1. The Hall–Kier alpha value is -2.29. The van der Waals surface area contributed by atoms with Crippen LogP contribution in [-0.4, -0.2) is 42.5 Å². The number of aryl methyl sites for hydroxylation is 1. The lowest BCUT2D eigenvalue weighted by molar-refractivity contribution is -0.117. The molecule has 0 atom stereocenters. The molecule has 0 spiro atoms. The Labute approximate surface area is 165 Å². The number of thiophene rings is 1. The number of thiazole rings is 1. The molecule has 0 aliphatic heterocycles. The monoisotopic (exact) mass is 403 g/mol. The second kappa shape index (κ2) is 8.16. The molecular formula is C19H21N3O3S2. The van der Waals surface area contributed by atoms with E-state index in [0.717, 1.165) is 25.7 Å². The van der Waals surface area contributed by atoms with Gasteiger partial charge in [-0.25, -0.2) is 9.78 Å². The molecule has 2 heterocycles. The van der Waals surface area contributed by atoms with Crippen molar-refractivity contribution >= 4 is 49.8 Å². The topological polar surface area (TPSA) is 71.5 Å². The minimum absolute atomic E-state index is 0.176. The number of carbonyl (C=O) groups is 2. The number of ether oxygens (including phenoxy) is 1. The van der Waals surface area contributed by atoms with Crippen LogP contribution < -0.4 is 5.32 Å². The summed E-state index contributed by atoms with van der Waals surface area (Å²) in [4.78, 5) is 31.9. The first-order valence-electron chi connectivity index (χ1n) is 8.40. The van der Waals surface area contributed by atoms with Crippen molar-refractivity contribution in [1.29, 1.82) is 0 Å². The number of nitrogens with zero attached hydrogens (tertiary/aromatic N) is 2. The molecular weight excluding hydrogens is 382 g/mol. The average Bonchev–Trinajstić information content (AvgIpc) is 3.14. The van der Waals surface area contributed by atoms with Crippen molar-refractivity contribution in [2.45, 2.75) is 20.4 Å². The predicted molar refractivity (Wildman–Crippen MR) is 110 cm³/mol. The molecule has 27 heavy (non-hydrogen) atoms. The third-order valence-electron chi connectivity index (χ3n) is 4.18. The fraction of sp³-hybridized carbons (Fsp3) is 0.316. The zero-order chi connectivity index (χ0) is 19.6. The highest BCUT2D eigenvalue weighted by molar-refractivity contribution is 7.18. The first-order chi connectivity index (χ1) is 12.9. The number of esters is 1. The van der Waals surface area contributed by atoms with Crippen LogP contribution in [0.4, 0.5) is 5.00 Å². The summed E-state index contributed by atoms with van der Waals surface area (Å²) in [6.45, 7) is 4.56. The molecule has 142 valence electrons. The summed E-state index contributed by atoms with van der Waals surface area (Å²) < 4.78 is 5.98. The molecule has 0 bridgehead atoms. The van der Waals surface area contributed by atoms with Crippen LogP contribution >= 0.6 is 22.7 Å². The highest BCUT2D eigenvalue weighted by Gasteiger charge is 2.22. The van der Waals surface area contributed by atoms with E-state index in [9.17, 15) is 9.59 Å². The molecule has 0 aliphatic carbocycles. The lowest BCUT2D eigenvalue weighted by Gasteiger charge is -2.14. The third-order valence-corrected chi connectivity index (χ3v) is 6.33. The van der Waals surface area contributed by atoms with Crippen molar-refractivity contribution in [3.63, 3.8) is 0 Å². The van der Waals surface area contributed by atoms with Gasteiger partial charge in [0.25, 0.3) is 0 Å². The van der Waals surface area contributed by atoms with Gasteiger partial charge in [-0.05, 0) is 38.6 Å². The van der Waals surface area contributed by atoms with E-state index in [1.165, 1.54) is 18.4 Å². The fourth-order valence-corrected chi connectivity index (χ4v) is 4.86. The normalized spacial score (nSPS) is 11.1. The van der Waals surface area contributed by atoms with E-state index in [4.69, 9.17) is 4.74 Å². The summed E-state index contributed by atoms with van der Waals surface area (Å²) in [6, 6.07) is 7.98. The molecule has 3 rings (SSSR count). The number of carbonyl (C=O) groups excluding carboxylic acids is 2. The first kappa shape index (κ1) is 19.5. The van der Waals surface area contributed by atoms with Crippen molar-refractivity contribution in [3.8, 4) is 0 Å². The molecule has 1 N–H and O–H groups in total. The first-order valence-corrected chi connectivity index (χ1v) is 10.0. The summed E-state index contributed by atoms with van der Waals surface area (Å²) in [5, 5.41) is 4.35. The molecule has 0 radical (unpaired) electrons. The van der Waals surface area contributed by atoms with Gasteiger partial charge in [-0.2, -0.15) is 0 Å². The molecule has 6 nitrogen and oxygen atoms in total. The lowest BCUT2D eigenvalue weighted by Crippen LogP contribution is -2.30. The van der Waals surface area contributed by atoms with Gasteiger partial charge in [0, 0.05) is 4.88 Å². The maximum absolute atomic E-state index is 12.5. The number of amides is 1. The lowest BCUT2D eigenvalue weighted by atomic mass is 10.1. The van der Waals surface area contributed by atoms with Crippen molar-refractivity contribution in [2.24, 2.45) is 0 Å². The quantitative estimate of drug-likeness (QED) is 0.633. The van der Waals surface area contributed by atoms with Crippen LogP contribution in [0.5, 0.6) is 0 Å². The van der Waals surface area contributed by atoms with Gasteiger partial charge in [0.05, 0.1) is 36.0 Å². The van der Waals surface area contributed by atoms with Crippen LogP contribution in [0.25, 0.3) is 10.2 Å². The van der Waals surface area contributed by atoms with Gasteiger partial charge in [0.1, 0.15) is 10.0 Å². The van der Waals surface area contributed by atoms with Crippen LogP contribution in [0, 0.1) is 13.8 Å². The number of methoxy groups -OCH3 is 1. The minimum Gasteiger partial charge on any atom is -0.465 e. The number of nitrogens with one attached hydrogen (secondary N) is 1. The molecule has 3 aromatic rings. The summed E-state index contributed by atoms with van der Waals surface area (Å²) >= 11 is 3.01. The SMILES string of the molecule is COC(=O)c1c(NC(=O)CN(C)Cc2nc3ccccc3s2)sc(C)c1C. The average molecular weight is 404 g/mol. The molecule has 0 aliphatic rings. The number of para-hydroxylation sites is 1. The van der Waals surface area contributed by atoms with Crippen LogP contribution in [0.1, 0.15) is 25.8 Å². The number of hydrogen-bond donors (Lipinski definition) is 1. The zero-order valence-corrected chi connectivity index (χ0v) is 17.3. The molecule has 1 amide bonds. The zero-order valence-electron chi connectivity index (χ0n) is 15.7. The minimum atomic E-state index is -0.435. The highest BCUT2D eigenvalue weighted by Crippen LogP contribution is 2.33. The molecule has 0 saturated carbocycles. The summed E-state index contributed by atoms with van der Waals surface area (Å²) in [5.41, 5.74) is 2.25. The Morgan fingerprint density at radius 1 is 1.22 bits per heavy atom. The van der Waals surface area contributed by atoms with E-state index < -0.39 is 5.97 Å².